The van der Waals surface area contributed by atoms with Crippen LogP contribution in [-0.2, 0) is 14.4 Å². The lowest BCUT2D eigenvalue weighted by molar-refractivity contribution is -0.132. The molecule has 190 valence electrons. The number of nitrogens with zero attached hydrogens (tertiary/aromatic N) is 1. The first-order chi connectivity index (χ1) is 17.7. The number of benzene rings is 3. The molecule has 0 radical (unpaired) electrons. The Morgan fingerprint density at radius 2 is 1.68 bits per heavy atom. The minimum absolute atomic E-state index is 0.0505. The number of aryl methyl sites for hydroxylation is 2. The van der Waals surface area contributed by atoms with Gasteiger partial charge in [-0.05, 0) is 85.5 Å². The van der Waals surface area contributed by atoms with Crippen molar-refractivity contribution in [2.75, 3.05) is 11.5 Å². The van der Waals surface area contributed by atoms with Crippen LogP contribution in [0.15, 0.2) is 72.3 Å². The molecule has 1 heterocycles. The zero-order valence-electron chi connectivity index (χ0n) is 21.3. The molecule has 0 aliphatic carbocycles. The number of aliphatic hydroxyl groups excluding tert-OH is 1. The van der Waals surface area contributed by atoms with Crippen molar-refractivity contribution in [2.45, 2.75) is 40.2 Å². The Morgan fingerprint density at radius 3 is 2.32 bits per heavy atom. The second-order valence-electron chi connectivity index (χ2n) is 8.98. The third-order valence-corrected chi connectivity index (χ3v) is 6.25. The van der Waals surface area contributed by atoms with E-state index in [1.807, 2.05) is 32.9 Å². The molecule has 1 atom stereocenters. The Morgan fingerprint density at radius 1 is 0.946 bits per heavy atom. The Balaban J connectivity index is 1.88. The summed E-state index contributed by atoms with van der Waals surface area (Å²) in [5.74, 6) is -1.44. The van der Waals surface area contributed by atoms with E-state index in [1.54, 1.807) is 54.6 Å². The summed E-state index contributed by atoms with van der Waals surface area (Å²) in [4.78, 5) is 39.7. The molecule has 3 aromatic carbocycles. The maximum Gasteiger partial charge on any atom is 0.308 e. The van der Waals surface area contributed by atoms with E-state index < -0.39 is 23.7 Å². The van der Waals surface area contributed by atoms with Crippen LogP contribution >= 0.6 is 0 Å². The average Bonchev–Trinajstić information content (AvgIpc) is 3.14. The number of carbonyl (C=O) groups is 3. The smallest absolute Gasteiger partial charge is 0.308 e. The van der Waals surface area contributed by atoms with E-state index in [0.717, 1.165) is 17.5 Å². The van der Waals surface area contributed by atoms with Gasteiger partial charge in [0.15, 0.2) is 0 Å². The van der Waals surface area contributed by atoms with Gasteiger partial charge in [-0.1, -0.05) is 25.1 Å². The normalized spacial score (nSPS) is 16.6. The monoisotopic (exact) mass is 499 g/mol. The van der Waals surface area contributed by atoms with Crippen molar-refractivity contribution in [1.82, 2.24) is 0 Å². The summed E-state index contributed by atoms with van der Waals surface area (Å²) in [5.41, 5.74) is 3.36. The highest BCUT2D eigenvalue weighted by Crippen LogP contribution is 2.43. The Kier molecular flexibility index (Phi) is 7.43. The Bertz CT molecular complexity index is 1390. The third-order valence-electron chi connectivity index (χ3n) is 6.25. The van der Waals surface area contributed by atoms with E-state index in [-0.39, 0.29) is 17.1 Å². The molecule has 1 amide bonds. The molecule has 7 nitrogen and oxygen atoms in total. The fourth-order valence-corrected chi connectivity index (χ4v) is 4.29. The largest absolute Gasteiger partial charge is 0.507 e. The number of hydrogen-bond acceptors (Lipinski definition) is 6. The fraction of sp³-hybridized carbons (Fsp3) is 0.233. The van der Waals surface area contributed by atoms with Crippen LogP contribution in [0.4, 0.5) is 5.69 Å². The first-order valence-corrected chi connectivity index (χ1v) is 12.1. The van der Waals surface area contributed by atoms with E-state index >= 15 is 0 Å². The zero-order valence-corrected chi connectivity index (χ0v) is 21.3. The van der Waals surface area contributed by atoms with Crippen LogP contribution in [0.3, 0.4) is 0 Å². The van der Waals surface area contributed by atoms with Crippen molar-refractivity contribution in [3.8, 4) is 11.5 Å². The maximum atomic E-state index is 13.4. The van der Waals surface area contributed by atoms with Crippen molar-refractivity contribution in [3.63, 3.8) is 0 Å². The molecule has 1 N–H and O–H groups in total. The van der Waals surface area contributed by atoms with Gasteiger partial charge in [-0.25, -0.2) is 0 Å². The van der Waals surface area contributed by atoms with E-state index in [2.05, 4.69) is 0 Å². The number of anilines is 1. The Labute approximate surface area is 215 Å². The number of hydrogen-bond donors (Lipinski definition) is 1. The third kappa shape index (κ3) is 5.26. The lowest BCUT2D eigenvalue weighted by atomic mass is 9.94. The molecule has 1 saturated heterocycles. The van der Waals surface area contributed by atoms with Gasteiger partial charge in [-0.15, -0.1) is 0 Å². The van der Waals surface area contributed by atoms with Crippen molar-refractivity contribution >= 4 is 29.1 Å². The molecule has 1 aliphatic heterocycles. The van der Waals surface area contributed by atoms with Crippen LogP contribution < -0.4 is 14.4 Å². The fourth-order valence-electron chi connectivity index (χ4n) is 4.29. The molecule has 0 spiro atoms. The minimum atomic E-state index is -0.936. The second-order valence-corrected chi connectivity index (χ2v) is 8.98. The first-order valence-electron chi connectivity index (χ1n) is 12.1. The van der Waals surface area contributed by atoms with Crippen LogP contribution in [0.2, 0.25) is 0 Å². The SMILES string of the molecule is CCCOc1ccc(/C(O)=C2\C(=O)C(=O)N(c3ccc(C)c(C)c3)C2c2cccc(OC(C)=O)c2)cc1. The van der Waals surface area contributed by atoms with E-state index in [0.29, 0.717) is 29.2 Å². The number of amides is 1. The van der Waals surface area contributed by atoms with Crippen LogP contribution in [0.1, 0.15) is 48.6 Å². The van der Waals surface area contributed by atoms with Crippen LogP contribution in [0, 0.1) is 13.8 Å². The lowest BCUT2D eigenvalue weighted by Gasteiger charge is -2.26. The maximum absolute atomic E-state index is 13.4. The number of Topliss-reactive ketones (excluding diaryl/α,β-unsaturated/α-hetero) is 1. The molecule has 1 fully saturated rings. The van der Waals surface area contributed by atoms with E-state index in [9.17, 15) is 19.5 Å². The predicted octanol–water partition coefficient (Wildman–Crippen LogP) is 5.64. The predicted molar refractivity (Wildman–Crippen MR) is 141 cm³/mol. The van der Waals surface area contributed by atoms with Gasteiger partial charge < -0.3 is 14.6 Å². The molecule has 3 aromatic rings. The number of esters is 1. The minimum Gasteiger partial charge on any atom is -0.507 e. The number of carbonyl (C=O) groups excluding carboxylic acids is 3. The summed E-state index contributed by atoms with van der Waals surface area (Å²) in [7, 11) is 0. The van der Waals surface area contributed by atoms with Gasteiger partial charge in [0.25, 0.3) is 11.7 Å². The van der Waals surface area contributed by atoms with Crippen molar-refractivity contribution < 1.29 is 29.0 Å². The van der Waals surface area contributed by atoms with Crippen molar-refractivity contribution in [1.29, 1.82) is 0 Å². The van der Waals surface area contributed by atoms with Crippen LogP contribution in [0.5, 0.6) is 11.5 Å². The molecular weight excluding hydrogens is 470 g/mol. The molecule has 0 bridgehead atoms. The topological polar surface area (TPSA) is 93.1 Å². The average molecular weight is 500 g/mol. The number of rotatable bonds is 7. The first kappa shape index (κ1) is 25.7. The lowest BCUT2D eigenvalue weighted by Crippen LogP contribution is -2.29. The van der Waals surface area contributed by atoms with Gasteiger partial charge in [-0.2, -0.15) is 0 Å². The standard InChI is InChI=1S/C30H29NO6/c1-5-15-36-24-13-10-21(11-14-24)28(33)26-27(22-7-6-8-25(17-22)37-20(4)32)31(30(35)29(26)34)23-12-9-18(2)19(3)16-23/h6-14,16-17,27,33H,5,15H2,1-4H3/b28-26+. The summed E-state index contributed by atoms with van der Waals surface area (Å²) >= 11 is 0. The summed E-state index contributed by atoms with van der Waals surface area (Å²) in [5, 5.41) is 11.3. The molecule has 7 heteroatoms. The van der Waals surface area contributed by atoms with Crippen LogP contribution in [0.25, 0.3) is 5.76 Å². The Hall–Kier alpha value is -4.39. The summed E-state index contributed by atoms with van der Waals surface area (Å²) in [6, 6.07) is 17.9. The van der Waals surface area contributed by atoms with Crippen molar-refractivity contribution in [2.24, 2.45) is 0 Å². The summed E-state index contributed by atoms with van der Waals surface area (Å²) < 4.78 is 10.9. The van der Waals surface area contributed by atoms with E-state index in [1.165, 1.54) is 11.8 Å². The van der Waals surface area contributed by atoms with Gasteiger partial charge in [0, 0.05) is 18.2 Å². The zero-order chi connectivity index (χ0) is 26.7. The number of aliphatic hydroxyl groups is 1. The van der Waals surface area contributed by atoms with Gasteiger partial charge in [0.2, 0.25) is 0 Å². The summed E-state index contributed by atoms with van der Waals surface area (Å²) in [6.45, 7) is 7.74. The molecule has 0 saturated carbocycles. The highest BCUT2D eigenvalue weighted by Gasteiger charge is 2.47. The van der Waals surface area contributed by atoms with Gasteiger partial charge in [0.1, 0.15) is 17.3 Å². The number of ketones is 1. The molecular formula is C30H29NO6. The van der Waals surface area contributed by atoms with Gasteiger partial charge in [0.05, 0.1) is 18.2 Å². The molecule has 4 rings (SSSR count). The number of ether oxygens (including phenoxy) is 2. The molecule has 0 aromatic heterocycles. The second kappa shape index (κ2) is 10.7. The van der Waals surface area contributed by atoms with Gasteiger partial charge >= 0.3 is 5.97 Å². The van der Waals surface area contributed by atoms with Gasteiger partial charge in [-0.3, -0.25) is 19.3 Å². The highest BCUT2D eigenvalue weighted by atomic mass is 16.5. The molecule has 1 aliphatic rings. The summed E-state index contributed by atoms with van der Waals surface area (Å²) in [6.07, 6.45) is 0.857. The molecule has 1 unspecified atom stereocenters. The molecule has 37 heavy (non-hydrogen) atoms. The van der Waals surface area contributed by atoms with Crippen LogP contribution in [-0.4, -0.2) is 29.4 Å². The van der Waals surface area contributed by atoms with Crippen molar-refractivity contribution in [3.05, 3.63) is 94.6 Å². The highest BCUT2D eigenvalue weighted by molar-refractivity contribution is 6.51. The quantitative estimate of drug-likeness (QED) is 0.149. The van der Waals surface area contributed by atoms with E-state index in [4.69, 9.17) is 9.47 Å².